The Morgan fingerprint density at radius 2 is 2.40 bits per heavy atom. The molecule has 1 atom stereocenters. The smallest absolute Gasteiger partial charge is 0.220 e. The number of hydrogen-bond donors (Lipinski definition) is 2. The average molecular weight is 148 g/mol. The highest BCUT2D eigenvalue weighted by Crippen LogP contribution is 2.03. The summed E-state index contributed by atoms with van der Waals surface area (Å²) in [4.78, 5) is 10.4. The van der Waals surface area contributed by atoms with E-state index in [0.717, 1.165) is 6.42 Å². The van der Waals surface area contributed by atoms with Gasteiger partial charge in [-0.05, 0) is 6.42 Å². The van der Waals surface area contributed by atoms with E-state index in [4.69, 9.17) is 5.73 Å². The largest absolute Gasteiger partial charge is 0.352 e. The SMILES string of the molecule is CC.NC[C@@H]1CCC(=O)N1.[HH].[HH]. The van der Waals surface area contributed by atoms with Crippen LogP contribution in [0.1, 0.15) is 29.5 Å². The molecule has 0 aliphatic carbocycles. The molecule has 3 heteroatoms. The number of nitrogens with two attached hydrogens (primary N) is 1. The number of carbonyl (C=O) groups is 1. The van der Waals surface area contributed by atoms with Crippen molar-refractivity contribution in [3.8, 4) is 0 Å². The van der Waals surface area contributed by atoms with Crippen molar-refractivity contribution in [2.24, 2.45) is 5.73 Å². The van der Waals surface area contributed by atoms with Crippen LogP contribution >= 0.6 is 0 Å². The fourth-order valence-electron chi connectivity index (χ4n) is 0.854. The number of hydrogen-bond acceptors (Lipinski definition) is 2. The molecule has 0 spiro atoms. The van der Waals surface area contributed by atoms with Crippen LogP contribution in [0.5, 0.6) is 0 Å². The van der Waals surface area contributed by atoms with E-state index in [1.54, 1.807) is 0 Å². The summed E-state index contributed by atoms with van der Waals surface area (Å²) in [7, 11) is 0. The molecule has 0 aromatic rings. The molecular weight excluding hydrogens is 128 g/mol. The van der Waals surface area contributed by atoms with Gasteiger partial charge in [0.2, 0.25) is 5.91 Å². The molecular formula is C7H20N2O. The first kappa shape index (κ1) is 9.43. The summed E-state index contributed by atoms with van der Waals surface area (Å²) in [6.45, 7) is 4.58. The van der Waals surface area contributed by atoms with Crippen LogP contribution in [0, 0.1) is 0 Å². The highest BCUT2D eigenvalue weighted by Gasteiger charge is 2.17. The third-order valence-corrected chi connectivity index (χ3v) is 1.37. The van der Waals surface area contributed by atoms with Gasteiger partial charge in [0.1, 0.15) is 0 Å². The zero-order valence-corrected chi connectivity index (χ0v) is 6.68. The van der Waals surface area contributed by atoms with Gasteiger partial charge in [-0.2, -0.15) is 0 Å². The normalized spacial score (nSPS) is 23.1. The van der Waals surface area contributed by atoms with E-state index in [-0.39, 0.29) is 14.8 Å². The minimum absolute atomic E-state index is 0. The first-order chi connectivity index (χ1) is 4.83. The van der Waals surface area contributed by atoms with E-state index in [0.29, 0.717) is 13.0 Å². The van der Waals surface area contributed by atoms with Gasteiger partial charge < -0.3 is 11.1 Å². The summed E-state index contributed by atoms with van der Waals surface area (Å²) in [5.74, 6) is 0.139. The van der Waals surface area contributed by atoms with Crippen molar-refractivity contribution in [2.75, 3.05) is 6.54 Å². The molecule has 1 saturated heterocycles. The van der Waals surface area contributed by atoms with Crippen molar-refractivity contribution < 1.29 is 7.65 Å². The molecule has 0 unspecified atom stereocenters. The predicted molar refractivity (Wildman–Crippen MR) is 45.8 cm³/mol. The average Bonchev–Trinajstić information content (AvgIpc) is 2.40. The zero-order chi connectivity index (χ0) is 7.98. The molecule has 1 heterocycles. The van der Waals surface area contributed by atoms with Crippen LogP contribution in [0.3, 0.4) is 0 Å². The maximum Gasteiger partial charge on any atom is 0.220 e. The lowest BCUT2D eigenvalue weighted by Crippen LogP contribution is -2.32. The lowest BCUT2D eigenvalue weighted by molar-refractivity contribution is -0.119. The Kier molecular flexibility index (Phi) is 4.94. The van der Waals surface area contributed by atoms with E-state index in [9.17, 15) is 4.79 Å². The summed E-state index contributed by atoms with van der Waals surface area (Å²) in [6, 6.07) is 0.252. The fourth-order valence-corrected chi connectivity index (χ4v) is 0.854. The van der Waals surface area contributed by atoms with E-state index in [1.165, 1.54) is 0 Å². The van der Waals surface area contributed by atoms with Crippen molar-refractivity contribution in [3.05, 3.63) is 0 Å². The van der Waals surface area contributed by atoms with E-state index in [2.05, 4.69) is 5.32 Å². The lowest BCUT2D eigenvalue weighted by atomic mass is 10.2. The topological polar surface area (TPSA) is 55.1 Å². The van der Waals surface area contributed by atoms with Gasteiger partial charge in [-0.3, -0.25) is 4.79 Å². The third kappa shape index (κ3) is 2.82. The van der Waals surface area contributed by atoms with Crippen molar-refractivity contribution in [1.29, 1.82) is 0 Å². The summed E-state index contributed by atoms with van der Waals surface area (Å²) >= 11 is 0. The number of carbonyl (C=O) groups excluding carboxylic acids is 1. The van der Waals surface area contributed by atoms with Gasteiger partial charge in [-0.25, -0.2) is 0 Å². The molecule has 1 aliphatic heterocycles. The number of amides is 1. The molecule has 3 N–H and O–H groups in total. The Balaban J connectivity index is -0.000000189. The molecule has 0 aromatic heterocycles. The second kappa shape index (κ2) is 5.23. The second-order valence-corrected chi connectivity index (χ2v) is 2.04. The van der Waals surface area contributed by atoms with E-state index < -0.39 is 0 Å². The van der Waals surface area contributed by atoms with Crippen LogP contribution in [0.15, 0.2) is 0 Å². The van der Waals surface area contributed by atoms with Gasteiger partial charge in [-0.1, -0.05) is 13.8 Å². The highest BCUT2D eigenvalue weighted by atomic mass is 16.1. The summed E-state index contributed by atoms with van der Waals surface area (Å²) in [5, 5.41) is 2.74. The Bertz CT molecular complexity index is 112. The minimum Gasteiger partial charge on any atom is -0.352 e. The van der Waals surface area contributed by atoms with Crippen molar-refractivity contribution in [1.82, 2.24) is 5.32 Å². The van der Waals surface area contributed by atoms with Gasteiger partial charge in [0.25, 0.3) is 0 Å². The Labute approximate surface area is 64.9 Å². The van der Waals surface area contributed by atoms with Crippen LogP contribution in [0.25, 0.3) is 0 Å². The molecule has 1 rings (SSSR count). The Morgan fingerprint density at radius 3 is 2.60 bits per heavy atom. The van der Waals surface area contributed by atoms with Gasteiger partial charge >= 0.3 is 0 Å². The molecule has 10 heavy (non-hydrogen) atoms. The second-order valence-electron chi connectivity index (χ2n) is 2.04. The molecule has 1 amide bonds. The van der Waals surface area contributed by atoms with Gasteiger partial charge in [0.05, 0.1) is 0 Å². The zero-order valence-electron chi connectivity index (χ0n) is 6.68. The van der Waals surface area contributed by atoms with Gasteiger partial charge in [0, 0.05) is 21.9 Å². The third-order valence-electron chi connectivity index (χ3n) is 1.37. The summed E-state index contributed by atoms with van der Waals surface area (Å²) in [6.07, 6.45) is 1.57. The maximum absolute atomic E-state index is 10.4. The van der Waals surface area contributed by atoms with Crippen molar-refractivity contribution in [3.63, 3.8) is 0 Å². The molecule has 1 fully saturated rings. The summed E-state index contributed by atoms with van der Waals surface area (Å²) in [5.41, 5.74) is 5.28. The van der Waals surface area contributed by atoms with E-state index >= 15 is 0 Å². The van der Waals surface area contributed by atoms with Crippen LogP contribution in [0.2, 0.25) is 0 Å². The van der Waals surface area contributed by atoms with Crippen LogP contribution in [-0.2, 0) is 4.79 Å². The number of nitrogens with one attached hydrogen (secondary N) is 1. The Morgan fingerprint density at radius 1 is 1.80 bits per heavy atom. The minimum atomic E-state index is 0. The highest BCUT2D eigenvalue weighted by molar-refractivity contribution is 5.78. The molecule has 0 saturated carbocycles. The van der Waals surface area contributed by atoms with Crippen molar-refractivity contribution >= 4 is 5.91 Å². The molecule has 64 valence electrons. The van der Waals surface area contributed by atoms with E-state index in [1.807, 2.05) is 13.8 Å². The molecule has 0 bridgehead atoms. The molecule has 1 aliphatic rings. The Hall–Kier alpha value is -0.570. The first-order valence-corrected chi connectivity index (χ1v) is 3.82. The monoisotopic (exact) mass is 148 g/mol. The van der Waals surface area contributed by atoms with Crippen LogP contribution in [0.4, 0.5) is 0 Å². The molecule has 0 aromatic carbocycles. The standard InChI is InChI=1S/C5H10N2O.C2H6.2H2/c6-3-4-1-2-5(8)7-4;1-2;;/h4H,1-3,6H2,(H,7,8);1-2H3;2*1H/t4-;;;/m0.../s1. The first-order valence-electron chi connectivity index (χ1n) is 3.82. The lowest BCUT2D eigenvalue weighted by Gasteiger charge is -2.02. The van der Waals surface area contributed by atoms with Crippen LogP contribution in [-0.4, -0.2) is 18.5 Å². The predicted octanol–water partition coefficient (Wildman–Crippen LogP) is 0.742. The maximum atomic E-state index is 10.4. The van der Waals surface area contributed by atoms with Crippen molar-refractivity contribution in [2.45, 2.75) is 32.7 Å². The molecule has 3 nitrogen and oxygen atoms in total. The van der Waals surface area contributed by atoms with Crippen LogP contribution < -0.4 is 11.1 Å². The summed E-state index contributed by atoms with van der Waals surface area (Å²) < 4.78 is 0. The number of rotatable bonds is 1. The quantitative estimate of drug-likeness (QED) is 0.576. The van der Waals surface area contributed by atoms with Gasteiger partial charge in [-0.15, -0.1) is 0 Å². The fraction of sp³-hybridized carbons (Fsp3) is 0.857. The molecule has 0 radical (unpaired) electrons. The van der Waals surface area contributed by atoms with Gasteiger partial charge in [0.15, 0.2) is 0 Å².